The normalized spacial score (nSPS) is 11.9. The van der Waals surface area contributed by atoms with E-state index in [1.54, 1.807) is 0 Å². The Labute approximate surface area is 93.1 Å². The molecule has 1 unspecified atom stereocenters. The summed E-state index contributed by atoms with van der Waals surface area (Å²) >= 11 is 2.85. The zero-order valence-corrected chi connectivity index (χ0v) is 11.5. The third-order valence-corrected chi connectivity index (χ3v) is 4.25. The molecule has 0 saturated carbocycles. The predicted molar refractivity (Wildman–Crippen MR) is 54.2 cm³/mol. The van der Waals surface area contributed by atoms with Gasteiger partial charge in [-0.25, -0.2) is 0 Å². The molecule has 0 aliphatic rings. The average Bonchev–Trinajstić information content (AvgIpc) is 2.05. The summed E-state index contributed by atoms with van der Waals surface area (Å²) in [5, 5.41) is 0. The zero-order chi connectivity index (χ0) is 10.3. The molecule has 0 heterocycles. The van der Waals surface area contributed by atoms with Crippen molar-refractivity contribution >= 4 is 40.0 Å². The van der Waals surface area contributed by atoms with Gasteiger partial charge in [0.2, 0.25) is 0 Å². The van der Waals surface area contributed by atoms with E-state index in [2.05, 4.69) is 15.6 Å². The Hall–Kier alpha value is 0.179. The summed E-state index contributed by atoms with van der Waals surface area (Å²) in [7, 11) is 0. The fourth-order valence-electron chi connectivity index (χ4n) is 0.604. The van der Waals surface area contributed by atoms with E-state index in [-0.39, 0.29) is 25.7 Å². The van der Waals surface area contributed by atoms with Gasteiger partial charge < -0.3 is 0 Å². The van der Waals surface area contributed by atoms with E-state index in [0.717, 1.165) is 3.50 Å². The van der Waals surface area contributed by atoms with Crippen molar-refractivity contribution in [2.45, 2.75) is 25.6 Å². The molecular formula is C8H14O3Se2. The van der Waals surface area contributed by atoms with Gasteiger partial charge in [-0.15, -0.1) is 0 Å². The molecule has 0 aromatic heterocycles. The molecule has 0 N–H and O–H groups in total. The van der Waals surface area contributed by atoms with E-state index < -0.39 is 0 Å². The number of hydrogen-bond donors (Lipinski definition) is 0. The molecule has 0 rings (SSSR count). The fourth-order valence-corrected chi connectivity index (χ4v) is 3.77. The molecule has 76 valence electrons. The summed E-state index contributed by atoms with van der Waals surface area (Å²) in [5.74, 6) is -0.144. The van der Waals surface area contributed by atoms with E-state index in [9.17, 15) is 4.79 Å². The van der Waals surface area contributed by atoms with Crippen LogP contribution in [-0.2, 0) is 14.3 Å². The van der Waals surface area contributed by atoms with Gasteiger partial charge >= 0.3 is 93.1 Å². The van der Waals surface area contributed by atoms with Gasteiger partial charge in [0.25, 0.3) is 0 Å². The summed E-state index contributed by atoms with van der Waals surface area (Å²) in [4.78, 5) is 11.1. The quantitative estimate of drug-likeness (QED) is 0.524. The standard InChI is InChI=1S/C8H14O3Se2/c1-4-10-7(9)6(3)13-8(12)11-5-2/h6H,4-5H2,1-3H3. The summed E-state index contributed by atoms with van der Waals surface area (Å²) in [6.45, 7) is 6.66. The maximum atomic E-state index is 11.2. The van der Waals surface area contributed by atoms with Crippen LogP contribution in [0.3, 0.4) is 0 Å². The van der Waals surface area contributed by atoms with Crippen LogP contribution in [0.5, 0.6) is 0 Å². The molecule has 3 nitrogen and oxygen atoms in total. The van der Waals surface area contributed by atoms with Crippen LogP contribution in [0.25, 0.3) is 0 Å². The van der Waals surface area contributed by atoms with Gasteiger partial charge in [0.15, 0.2) is 0 Å². The van der Waals surface area contributed by atoms with Crippen molar-refractivity contribution in [3.05, 3.63) is 0 Å². The molecule has 0 fully saturated rings. The summed E-state index contributed by atoms with van der Waals surface area (Å²) in [6.07, 6.45) is 0. The van der Waals surface area contributed by atoms with Gasteiger partial charge in [-0.1, -0.05) is 0 Å². The van der Waals surface area contributed by atoms with Crippen molar-refractivity contribution in [2.75, 3.05) is 13.2 Å². The van der Waals surface area contributed by atoms with Crippen molar-refractivity contribution in [1.29, 1.82) is 0 Å². The maximum absolute atomic E-state index is 11.2. The van der Waals surface area contributed by atoms with Gasteiger partial charge in [0.05, 0.1) is 0 Å². The van der Waals surface area contributed by atoms with Gasteiger partial charge in [0, 0.05) is 0 Å². The number of carbonyl (C=O) groups excluding carboxylic acids is 1. The van der Waals surface area contributed by atoms with Crippen LogP contribution in [0.15, 0.2) is 0 Å². The number of carbonyl (C=O) groups is 1. The Balaban J connectivity index is 3.78. The molecule has 0 aromatic carbocycles. The van der Waals surface area contributed by atoms with Gasteiger partial charge in [-0.05, 0) is 0 Å². The zero-order valence-electron chi connectivity index (χ0n) is 8.03. The average molecular weight is 316 g/mol. The third kappa shape index (κ3) is 6.28. The molecule has 0 spiro atoms. The first-order valence-electron chi connectivity index (χ1n) is 4.11. The van der Waals surface area contributed by atoms with Crippen LogP contribution in [0, 0.1) is 0 Å². The molecule has 0 aliphatic heterocycles. The second kappa shape index (κ2) is 7.57. The molecule has 0 radical (unpaired) electrons. The molecule has 13 heavy (non-hydrogen) atoms. The van der Waals surface area contributed by atoms with E-state index in [0.29, 0.717) is 13.2 Å². The Kier molecular flexibility index (Phi) is 7.67. The fraction of sp³-hybridized carbons (Fsp3) is 0.750. The Bertz CT molecular complexity index is 182. The van der Waals surface area contributed by atoms with Gasteiger partial charge in [-0.2, -0.15) is 0 Å². The van der Waals surface area contributed by atoms with Gasteiger partial charge in [0.1, 0.15) is 0 Å². The van der Waals surface area contributed by atoms with Crippen molar-refractivity contribution in [3.63, 3.8) is 0 Å². The monoisotopic (exact) mass is 318 g/mol. The first-order valence-corrected chi connectivity index (χ1v) is 6.82. The molecule has 0 aromatic rings. The number of rotatable bonds is 6. The van der Waals surface area contributed by atoms with Crippen molar-refractivity contribution < 1.29 is 14.3 Å². The van der Waals surface area contributed by atoms with Crippen LogP contribution in [0.2, 0.25) is 4.82 Å². The molecular weight excluding hydrogens is 302 g/mol. The van der Waals surface area contributed by atoms with Crippen LogP contribution in [0.1, 0.15) is 20.8 Å². The van der Waals surface area contributed by atoms with Crippen molar-refractivity contribution in [3.8, 4) is 0 Å². The van der Waals surface area contributed by atoms with E-state index in [1.165, 1.54) is 0 Å². The van der Waals surface area contributed by atoms with Crippen molar-refractivity contribution in [2.24, 2.45) is 0 Å². The molecule has 0 bridgehead atoms. The third-order valence-electron chi connectivity index (χ3n) is 1.15. The first-order chi connectivity index (χ1) is 6.11. The summed E-state index contributed by atoms with van der Waals surface area (Å²) in [5.41, 5.74) is 0. The predicted octanol–water partition coefficient (Wildman–Crippen LogP) is 0.354. The second-order valence-corrected chi connectivity index (χ2v) is 7.04. The molecule has 0 amide bonds. The minimum atomic E-state index is -0.144. The number of hydrogen-bond acceptors (Lipinski definition) is 3. The van der Waals surface area contributed by atoms with E-state index in [1.807, 2.05) is 20.8 Å². The number of ether oxygens (including phenoxy) is 2. The molecule has 1 atom stereocenters. The van der Waals surface area contributed by atoms with E-state index in [4.69, 9.17) is 9.47 Å². The Morgan fingerprint density at radius 1 is 1.38 bits per heavy atom. The van der Waals surface area contributed by atoms with Crippen molar-refractivity contribution in [1.82, 2.24) is 0 Å². The SMILES string of the molecule is CCOC(=O)C(C)[Se]C(=[Se])OCC. The Morgan fingerprint density at radius 3 is 2.38 bits per heavy atom. The van der Waals surface area contributed by atoms with E-state index >= 15 is 0 Å². The summed E-state index contributed by atoms with van der Waals surface area (Å²) < 4.78 is 10.9. The molecule has 0 aliphatic carbocycles. The summed E-state index contributed by atoms with van der Waals surface area (Å²) in [6, 6.07) is 0. The van der Waals surface area contributed by atoms with Crippen LogP contribution < -0.4 is 0 Å². The molecule has 0 saturated heterocycles. The van der Waals surface area contributed by atoms with Gasteiger partial charge in [-0.3, -0.25) is 0 Å². The van der Waals surface area contributed by atoms with Crippen LogP contribution in [0.4, 0.5) is 0 Å². The Morgan fingerprint density at radius 2 is 1.92 bits per heavy atom. The topological polar surface area (TPSA) is 35.5 Å². The first kappa shape index (κ1) is 13.2. The number of esters is 1. The molecule has 5 heteroatoms. The minimum absolute atomic E-state index is 0.0300. The second-order valence-electron chi connectivity index (χ2n) is 2.20. The van der Waals surface area contributed by atoms with Crippen LogP contribution >= 0.6 is 0 Å². The van der Waals surface area contributed by atoms with Crippen LogP contribution in [-0.4, -0.2) is 53.2 Å².